The van der Waals surface area contributed by atoms with Crippen LogP contribution in [0.4, 0.5) is 13.2 Å². The highest BCUT2D eigenvalue weighted by Crippen LogP contribution is 2.33. The molecular formula is C16H16F3N3O2S. The van der Waals surface area contributed by atoms with E-state index < -0.39 is 28.6 Å². The Morgan fingerprint density at radius 2 is 2.04 bits per heavy atom. The zero-order valence-corrected chi connectivity index (χ0v) is 14.0. The van der Waals surface area contributed by atoms with Crippen LogP contribution in [0.15, 0.2) is 41.2 Å². The van der Waals surface area contributed by atoms with E-state index in [0.717, 1.165) is 12.1 Å². The summed E-state index contributed by atoms with van der Waals surface area (Å²) < 4.78 is 52.0. The predicted molar refractivity (Wildman–Crippen MR) is 88.0 cm³/mol. The van der Waals surface area contributed by atoms with Gasteiger partial charge in [-0.05, 0) is 31.6 Å². The molecule has 2 aliphatic heterocycles. The normalized spacial score (nSPS) is 21.8. The SMILES string of the molecule is C=C[S@+]([O-])N1CCC2(CC1)N=C(c1cccc(C(F)(F)F)c1)NC2=O. The molecule has 1 aromatic carbocycles. The van der Waals surface area contributed by atoms with Crippen molar-refractivity contribution in [2.45, 2.75) is 24.6 Å². The quantitative estimate of drug-likeness (QED) is 0.829. The molecule has 0 aromatic heterocycles. The Morgan fingerprint density at radius 3 is 2.64 bits per heavy atom. The minimum absolute atomic E-state index is 0.148. The number of rotatable bonds is 3. The van der Waals surface area contributed by atoms with E-state index in [4.69, 9.17) is 0 Å². The number of hydrogen-bond donors (Lipinski definition) is 1. The van der Waals surface area contributed by atoms with Crippen molar-refractivity contribution in [2.24, 2.45) is 4.99 Å². The minimum Gasteiger partial charge on any atom is -0.593 e. The molecule has 25 heavy (non-hydrogen) atoms. The summed E-state index contributed by atoms with van der Waals surface area (Å²) in [5.74, 6) is -0.182. The van der Waals surface area contributed by atoms with Gasteiger partial charge in [-0.15, -0.1) is 4.31 Å². The van der Waals surface area contributed by atoms with Crippen molar-refractivity contribution >= 4 is 23.1 Å². The molecule has 0 radical (unpaired) electrons. The van der Waals surface area contributed by atoms with Gasteiger partial charge in [0.1, 0.15) is 16.8 Å². The fraction of sp³-hybridized carbons (Fsp3) is 0.375. The number of carbonyl (C=O) groups is 1. The van der Waals surface area contributed by atoms with E-state index in [2.05, 4.69) is 16.9 Å². The van der Waals surface area contributed by atoms with Crippen LogP contribution in [0.3, 0.4) is 0 Å². The fourth-order valence-corrected chi connectivity index (χ4v) is 3.73. The molecule has 0 bridgehead atoms. The van der Waals surface area contributed by atoms with Crippen molar-refractivity contribution < 1.29 is 22.5 Å². The molecular weight excluding hydrogens is 355 g/mol. The van der Waals surface area contributed by atoms with Crippen LogP contribution in [0.2, 0.25) is 0 Å². The third-order valence-corrected chi connectivity index (χ3v) is 5.55. The first-order valence-corrected chi connectivity index (χ1v) is 8.79. The Hall–Kier alpha value is -1.84. The lowest BCUT2D eigenvalue weighted by atomic mass is 9.89. The summed E-state index contributed by atoms with van der Waals surface area (Å²) in [6, 6.07) is 4.71. The van der Waals surface area contributed by atoms with Crippen molar-refractivity contribution in [1.29, 1.82) is 0 Å². The Kier molecular flexibility index (Phi) is 4.65. The molecule has 1 aromatic rings. The summed E-state index contributed by atoms with van der Waals surface area (Å²) in [6.45, 7) is 4.27. The van der Waals surface area contributed by atoms with Gasteiger partial charge in [0.25, 0.3) is 5.91 Å². The molecule has 0 aliphatic carbocycles. The van der Waals surface area contributed by atoms with E-state index in [1.807, 2.05) is 0 Å². The first-order chi connectivity index (χ1) is 11.7. The van der Waals surface area contributed by atoms with Gasteiger partial charge >= 0.3 is 6.18 Å². The van der Waals surface area contributed by atoms with Crippen LogP contribution in [-0.2, 0) is 22.3 Å². The Balaban J connectivity index is 1.83. The number of piperidine rings is 1. The molecule has 1 fully saturated rings. The molecule has 5 nitrogen and oxygen atoms in total. The van der Waals surface area contributed by atoms with Crippen molar-refractivity contribution in [3.8, 4) is 0 Å². The van der Waals surface area contributed by atoms with Gasteiger partial charge in [-0.25, -0.2) is 0 Å². The highest BCUT2D eigenvalue weighted by Gasteiger charge is 2.47. The minimum atomic E-state index is -4.46. The molecule has 9 heteroatoms. The topological polar surface area (TPSA) is 67.8 Å². The van der Waals surface area contributed by atoms with Gasteiger partial charge in [-0.2, -0.15) is 13.2 Å². The summed E-state index contributed by atoms with van der Waals surface area (Å²) in [7, 11) is 0. The molecule has 0 unspecified atom stereocenters. The van der Waals surface area contributed by atoms with E-state index in [0.29, 0.717) is 25.9 Å². The smallest absolute Gasteiger partial charge is 0.416 e. The predicted octanol–water partition coefficient (Wildman–Crippen LogP) is 2.22. The molecule has 1 amide bonds. The summed E-state index contributed by atoms with van der Waals surface area (Å²) >= 11 is -1.31. The van der Waals surface area contributed by atoms with Crippen LogP contribution >= 0.6 is 0 Å². The molecule has 2 aliphatic rings. The fourth-order valence-electron chi connectivity index (χ4n) is 2.98. The maximum atomic E-state index is 12.9. The largest absolute Gasteiger partial charge is 0.593 e. The molecule has 1 atom stereocenters. The Labute approximate surface area is 145 Å². The molecule has 1 N–H and O–H groups in total. The van der Waals surface area contributed by atoms with Gasteiger partial charge in [0.15, 0.2) is 0 Å². The van der Waals surface area contributed by atoms with Crippen LogP contribution in [0, 0.1) is 0 Å². The zero-order valence-electron chi connectivity index (χ0n) is 13.2. The number of alkyl halides is 3. The highest BCUT2D eigenvalue weighted by molar-refractivity contribution is 7.92. The van der Waals surface area contributed by atoms with Gasteiger partial charge in [0.05, 0.1) is 16.9 Å². The summed E-state index contributed by atoms with van der Waals surface area (Å²) in [5.41, 5.74) is -1.58. The van der Waals surface area contributed by atoms with E-state index in [9.17, 15) is 22.5 Å². The van der Waals surface area contributed by atoms with Crippen LogP contribution in [0.5, 0.6) is 0 Å². The maximum Gasteiger partial charge on any atom is 0.416 e. The summed E-state index contributed by atoms with van der Waals surface area (Å²) in [4.78, 5) is 16.8. The molecule has 3 rings (SSSR count). The standard InChI is InChI=1S/C16H16F3N3O2S/c1-2-25(24)22-8-6-15(7-9-22)14(23)20-13(21-15)11-4-3-5-12(10-11)16(17,18)19/h2-5,10H,1,6-9H2,(H,20,21,23)/t25-/m0/s1. The van der Waals surface area contributed by atoms with Crippen molar-refractivity contribution in [3.63, 3.8) is 0 Å². The number of carbonyl (C=O) groups excluding carboxylic acids is 1. The lowest BCUT2D eigenvalue weighted by Gasteiger charge is -2.33. The number of aliphatic imine (C=N–C) groups is 1. The lowest BCUT2D eigenvalue weighted by Crippen LogP contribution is -2.50. The van der Waals surface area contributed by atoms with Crippen LogP contribution in [-0.4, -0.2) is 39.2 Å². The van der Waals surface area contributed by atoms with Gasteiger partial charge in [-0.1, -0.05) is 12.1 Å². The van der Waals surface area contributed by atoms with Gasteiger partial charge in [0.2, 0.25) is 0 Å². The molecule has 134 valence electrons. The van der Waals surface area contributed by atoms with Crippen molar-refractivity contribution in [2.75, 3.05) is 13.1 Å². The number of nitrogens with one attached hydrogen (secondary N) is 1. The zero-order chi connectivity index (χ0) is 18.2. The van der Waals surface area contributed by atoms with Crippen molar-refractivity contribution in [1.82, 2.24) is 9.62 Å². The third kappa shape index (κ3) is 3.44. The van der Waals surface area contributed by atoms with Crippen LogP contribution < -0.4 is 5.32 Å². The second-order valence-electron chi connectivity index (χ2n) is 5.90. The average molecular weight is 371 g/mol. The van der Waals surface area contributed by atoms with Gasteiger partial charge in [-0.3, -0.25) is 9.79 Å². The number of hydrogen-bond acceptors (Lipinski definition) is 4. The van der Waals surface area contributed by atoms with E-state index >= 15 is 0 Å². The maximum absolute atomic E-state index is 12.9. The van der Waals surface area contributed by atoms with Crippen LogP contribution in [0.1, 0.15) is 24.0 Å². The molecule has 1 saturated heterocycles. The number of amidine groups is 1. The van der Waals surface area contributed by atoms with E-state index in [1.165, 1.54) is 17.5 Å². The first-order valence-electron chi connectivity index (χ1n) is 7.62. The van der Waals surface area contributed by atoms with E-state index in [-0.39, 0.29) is 17.3 Å². The third-order valence-electron chi connectivity index (χ3n) is 4.39. The first kappa shape index (κ1) is 18.0. The van der Waals surface area contributed by atoms with Crippen molar-refractivity contribution in [3.05, 3.63) is 47.4 Å². The number of nitrogens with zero attached hydrogens (tertiary/aromatic N) is 2. The van der Waals surface area contributed by atoms with Gasteiger partial charge < -0.3 is 9.87 Å². The lowest BCUT2D eigenvalue weighted by molar-refractivity contribution is -0.137. The Bertz CT molecular complexity index is 728. The summed E-state index contributed by atoms with van der Waals surface area (Å²) in [6.07, 6.45) is -3.77. The van der Waals surface area contributed by atoms with Gasteiger partial charge in [0, 0.05) is 18.7 Å². The monoisotopic (exact) mass is 371 g/mol. The molecule has 1 spiro atoms. The number of benzene rings is 1. The number of amides is 1. The molecule has 2 heterocycles. The second-order valence-corrected chi connectivity index (χ2v) is 7.30. The average Bonchev–Trinajstić information content (AvgIpc) is 2.91. The second kappa shape index (κ2) is 6.47. The Morgan fingerprint density at radius 1 is 1.36 bits per heavy atom. The number of halogens is 3. The van der Waals surface area contributed by atoms with E-state index in [1.54, 1.807) is 4.31 Å². The highest BCUT2D eigenvalue weighted by atomic mass is 32.2. The van der Waals surface area contributed by atoms with Crippen LogP contribution in [0.25, 0.3) is 0 Å². The molecule has 0 saturated carbocycles. The summed E-state index contributed by atoms with van der Waals surface area (Å²) in [5, 5.41) is 3.92.